The van der Waals surface area contributed by atoms with E-state index in [1.54, 1.807) is 0 Å². The molecule has 1 fully saturated rings. The molecule has 3 rings (SSSR count). The first-order chi connectivity index (χ1) is 11.8. The van der Waals surface area contributed by atoms with Crippen LogP contribution in [0.4, 0.5) is 0 Å². The van der Waals surface area contributed by atoms with Crippen molar-refractivity contribution in [1.29, 1.82) is 0 Å². The van der Waals surface area contributed by atoms with E-state index in [2.05, 4.69) is 58.8 Å². The van der Waals surface area contributed by atoms with Crippen LogP contribution in [0.2, 0.25) is 0 Å². The number of hydrogen-bond donors (Lipinski definition) is 1. The minimum absolute atomic E-state index is 0.552. The van der Waals surface area contributed by atoms with Crippen LogP contribution in [0.5, 0.6) is 0 Å². The van der Waals surface area contributed by atoms with Gasteiger partial charge in [0.2, 0.25) is 0 Å². The highest BCUT2D eigenvalue weighted by atomic mass is 15.3. The summed E-state index contributed by atoms with van der Waals surface area (Å²) in [5.41, 5.74) is 2.67. The molecular formula is C19H27N5. The molecule has 0 saturated carbocycles. The predicted octanol–water partition coefficient (Wildman–Crippen LogP) is 2.42. The summed E-state index contributed by atoms with van der Waals surface area (Å²) in [6, 6.07) is 10.6. The number of rotatable bonds is 5. The normalized spacial score (nSPS) is 18.2. The topological polar surface area (TPSA) is 45.5 Å². The van der Waals surface area contributed by atoms with Gasteiger partial charge in [-0.2, -0.15) is 5.10 Å². The van der Waals surface area contributed by atoms with Crippen molar-refractivity contribution in [2.45, 2.75) is 25.7 Å². The van der Waals surface area contributed by atoms with Gasteiger partial charge in [-0.15, -0.1) is 0 Å². The minimum Gasteiger partial charge on any atom is -0.357 e. The van der Waals surface area contributed by atoms with Gasteiger partial charge in [0.15, 0.2) is 5.96 Å². The van der Waals surface area contributed by atoms with E-state index >= 15 is 0 Å². The zero-order valence-corrected chi connectivity index (χ0v) is 14.7. The molecule has 1 unspecified atom stereocenters. The molecule has 2 aromatic rings. The van der Waals surface area contributed by atoms with E-state index in [0.29, 0.717) is 5.92 Å². The van der Waals surface area contributed by atoms with Gasteiger partial charge in [-0.25, -0.2) is 0 Å². The van der Waals surface area contributed by atoms with E-state index in [1.165, 1.54) is 11.1 Å². The number of hydrogen-bond acceptors (Lipinski definition) is 2. The van der Waals surface area contributed by atoms with Gasteiger partial charge in [0.1, 0.15) is 0 Å². The Kier molecular flexibility index (Phi) is 5.51. The van der Waals surface area contributed by atoms with Crippen molar-refractivity contribution in [3.05, 3.63) is 53.9 Å². The van der Waals surface area contributed by atoms with Crippen LogP contribution < -0.4 is 5.32 Å². The smallest absolute Gasteiger partial charge is 0.193 e. The van der Waals surface area contributed by atoms with Crippen molar-refractivity contribution in [3.8, 4) is 0 Å². The van der Waals surface area contributed by atoms with Gasteiger partial charge in [-0.05, 0) is 30.9 Å². The fraction of sp³-hybridized carbons (Fsp3) is 0.474. The maximum atomic E-state index is 4.83. The highest BCUT2D eigenvalue weighted by Crippen LogP contribution is 2.26. The second-order valence-electron chi connectivity index (χ2n) is 6.35. The molecule has 5 nitrogen and oxygen atoms in total. The van der Waals surface area contributed by atoms with Crippen molar-refractivity contribution in [1.82, 2.24) is 20.0 Å². The molecule has 24 heavy (non-hydrogen) atoms. The lowest BCUT2D eigenvalue weighted by Crippen LogP contribution is -2.40. The average molecular weight is 325 g/mol. The number of aliphatic imine (C=N–C) groups is 1. The van der Waals surface area contributed by atoms with E-state index in [1.807, 2.05) is 17.9 Å². The van der Waals surface area contributed by atoms with Gasteiger partial charge in [0, 0.05) is 45.3 Å². The first-order valence-electron chi connectivity index (χ1n) is 8.82. The van der Waals surface area contributed by atoms with E-state index in [-0.39, 0.29) is 0 Å². The van der Waals surface area contributed by atoms with Crippen molar-refractivity contribution < 1.29 is 0 Å². The highest BCUT2D eigenvalue weighted by molar-refractivity contribution is 5.80. The molecule has 5 heteroatoms. The number of guanidine groups is 1. The number of nitrogens with one attached hydrogen (secondary N) is 1. The molecule has 0 bridgehead atoms. The van der Waals surface area contributed by atoms with Crippen molar-refractivity contribution >= 4 is 5.96 Å². The molecule has 0 radical (unpaired) electrons. The minimum atomic E-state index is 0.552. The summed E-state index contributed by atoms with van der Waals surface area (Å²) < 4.78 is 1.89. The number of likely N-dealkylation sites (tertiary alicyclic amines) is 1. The first kappa shape index (κ1) is 16.6. The van der Waals surface area contributed by atoms with Gasteiger partial charge in [-0.3, -0.25) is 9.67 Å². The molecule has 0 spiro atoms. The lowest BCUT2D eigenvalue weighted by atomic mass is 10.0. The van der Waals surface area contributed by atoms with Gasteiger partial charge < -0.3 is 10.2 Å². The molecule has 1 saturated heterocycles. The van der Waals surface area contributed by atoms with Crippen LogP contribution in [0, 0.1) is 0 Å². The van der Waals surface area contributed by atoms with Crippen LogP contribution in [0.15, 0.2) is 47.7 Å². The van der Waals surface area contributed by atoms with Crippen LogP contribution in [0.1, 0.15) is 30.4 Å². The Labute approximate surface area is 144 Å². The first-order valence-corrected chi connectivity index (χ1v) is 8.82. The Morgan fingerprint density at radius 3 is 2.88 bits per heavy atom. The summed E-state index contributed by atoms with van der Waals surface area (Å²) in [5, 5.41) is 7.75. The highest BCUT2D eigenvalue weighted by Gasteiger charge is 2.26. The Hall–Kier alpha value is -2.30. The Morgan fingerprint density at radius 2 is 2.17 bits per heavy atom. The molecule has 1 N–H and O–H groups in total. The maximum absolute atomic E-state index is 4.83. The predicted molar refractivity (Wildman–Crippen MR) is 98.3 cm³/mol. The van der Waals surface area contributed by atoms with Crippen LogP contribution >= 0.6 is 0 Å². The maximum Gasteiger partial charge on any atom is 0.193 e. The molecular weight excluding hydrogens is 298 g/mol. The average Bonchev–Trinajstić information content (AvgIpc) is 3.24. The quantitative estimate of drug-likeness (QED) is 0.678. The number of aromatic nitrogens is 2. The van der Waals surface area contributed by atoms with E-state index in [9.17, 15) is 0 Å². The molecule has 1 aromatic heterocycles. The molecule has 1 atom stereocenters. The fourth-order valence-corrected chi connectivity index (χ4v) is 3.24. The Morgan fingerprint density at radius 1 is 1.33 bits per heavy atom. The van der Waals surface area contributed by atoms with E-state index < -0.39 is 0 Å². The number of aryl methyl sites for hydroxylation is 1. The monoisotopic (exact) mass is 325 g/mol. The Bertz CT molecular complexity index is 661. The molecule has 2 heterocycles. The third kappa shape index (κ3) is 4.16. The molecule has 0 aliphatic carbocycles. The second kappa shape index (κ2) is 7.99. The van der Waals surface area contributed by atoms with Gasteiger partial charge in [-0.1, -0.05) is 30.3 Å². The number of benzene rings is 1. The van der Waals surface area contributed by atoms with E-state index in [4.69, 9.17) is 4.99 Å². The Balaban J connectivity index is 1.59. The van der Waals surface area contributed by atoms with Crippen molar-refractivity contribution in [3.63, 3.8) is 0 Å². The van der Waals surface area contributed by atoms with Crippen LogP contribution in [0.3, 0.4) is 0 Å². The van der Waals surface area contributed by atoms with Gasteiger partial charge in [0.25, 0.3) is 0 Å². The third-order valence-corrected chi connectivity index (χ3v) is 4.52. The summed E-state index contributed by atoms with van der Waals surface area (Å²) in [5.74, 6) is 1.59. The standard InChI is InChI=1S/C19H27N5/c1-3-20-19(21-11-9-16-7-5-4-6-8-16)24-12-10-17(15-24)18-13-22-23(2)14-18/h4-8,13-14,17H,3,9-12,15H2,1-2H3,(H,20,21). The van der Waals surface area contributed by atoms with Gasteiger partial charge >= 0.3 is 0 Å². The molecule has 1 aromatic carbocycles. The largest absolute Gasteiger partial charge is 0.357 e. The van der Waals surface area contributed by atoms with Crippen LogP contribution in [-0.2, 0) is 13.5 Å². The van der Waals surface area contributed by atoms with Crippen molar-refractivity contribution in [2.75, 3.05) is 26.2 Å². The van der Waals surface area contributed by atoms with Gasteiger partial charge in [0.05, 0.1) is 6.20 Å². The zero-order chi connectivity index (χ0) is 16.8. The zero-order valence-electron chi connectivity index (χ0n) is 14.7. The lowest BCUT2D eigenvalue weighted by molar-refractivity contribution is 0.486. The molecule has 1 aliphatic heterocycles. The molecule has 128 valence electrons. The lowest BCUT2D eigenvalue weighted by Gasteiger charge is -2.21. The SMILES string of the molecule is CCNC(=NCCc1ccccc1)N1CCC(c2cnn(C)c2)C1. The summed E-state index contributed by atoms with van der Waals surface area (Å²) >= 11 is 0. The summed E-state index contributed by atoms with van der Waals surface area (Å²) in [4.78, 5) is 7.22. The fourth-order valence-electron chi connectivity index (χ4n) is 3.24. The second-order valence-corrected chi connectivity index (χ2v) is 6.35. The molecule has 0 amide bonds. The summed E-state index contributed by atoms with van der Waals surface area (Å²) in [6.45, 7) is 5.92. The van der Waals surface area contributed by atoms with Crippen LogP contribution in [0.25, 0.3) is 0 Å². The summed E-state index contributed by atoms with van der Waals surface area (Å²) in [6.07, 6.45) is 6.27. The van der Waals surface area contributed by atoms with Crippen molar-refractivity contribution in [2.24, 2.45) is 12.0 Å². The van der Waals surface area contributed by atoms with Crippen LogP contribution in [-0.4, -0.2) is 46.8 Å². The summed E-state index contributed by atoms with van der Waals surface area (Å²) in [7, 11) is 1.98. The third-order valence-electron chi connectivity index (χ3n) is 4.52. The van der Waals surface area contributed by atoms with E-state index in [0.717, 1.165) is 45.0 Å². The number of nitrogens with zero attached hydrogens (tertiary/aromatic N) is 4. The molecule has 1 aliphatic rings.